The summed E-state index contributed by atoms with van der Waals surface area (Å²) < 4.78 is 27.7. The lowest BCUT2D eigenvalue weighted by atomic mass is 9.87. The lowest BCUT2D eigenvalue weighted by Crippen LogP contribution is -2.46. The maximum absolute atomic E-state index is 12.5. The Morgan fingerprint density at radius 1 is 1.00 bits per heavy atom. The van der Waals surface area contributed by atoms with Crippen LogP contribution in [0.2, 0.25) is 0 Å². The first-order chi connectivity index (χ1) is 14.1. The number of hydrogen-bond donors (Lipinski definition) is 2. The van der Waals surface area contributed by atoms with Gasteiger partial charge in [-0.1, -0.05) is 51.1 Å². The van der Waals surface area contributed by atoms with Crippen LogP contribution in [0, 0.1) is 0 Å². The fraction of sp³-hybridized carbons (Fsp3) is 0.435. The van der Waals surface area contributed by atoms with Crippen LogP contribution < -0.4 is 10.0 Å². The van der Waals surface area contributed by atoms with Crippen LogP contribution in [0.3, 0.4) is 0 Å². The molecule has 1 amide bonds. The molecule has 3 rings (SSSR count). The zero-order chi connectivity index (χ0) is 21.8. The van der Waals surface area contributed by atoms with E-state index in [0.717, 1.165) is 5.69 Å². The zero-order valence-corrected chi connectivity index (χ0v) is 18.7. The molecule has 2 N–H and O–H groups in total. The summed E-state index contributed by atoms with van der Waals surface area (Å²) in [4.78, 5) is 14.7. The standard InChI is InChI=1S/C23H31N3O3S/c1-23(2,3)18-9-11-19(12-10-18)24-22(27)17-26-15-13-20(14-16-26)25-30(28,29)21-7-5-4-6-8-21/h4-12,20,25H,13-17H2,1-3H3,(H,24,27). The van der Waals surface area contributed by atoms with Crippen LogP contribution in [-0.4, -0.2) is 44.9 Å². The van der Waals surface area contributed by atoms with Gasteiger partial charge in [-0.2, -0.15) is 0 Å². The van der Waals surface area contributed by atoms with Gasteiger partial charge < -0.3 is 5.32 Å². The van der Waals surface area contributed by atoms with Crippen molar-refractivity contribution in [2.24, 2.45) is 0 Å². The van der Waals surface area contributed by atoms with E-state index in [0.29, 0.717) is 32.5 Å². The molecule has 2 aromatic carbocycles. The maximum Gasteiger partial charge on any atom is 0.240 e. The van der Waals surface area contributed by atoms with Gasteiger partial charge in [0.05, 0.1) is 11.4 Å². The second-order valence-electron chi connectivity index (χ2n) is 8.86. The molecule has 0 unspecified atom stereocenters. The van der Waals surface area contributed by atoms with E-state index in [4.69, 9.17) is 0 Å². The first-order valence-electron chi connectivity index (χ1n) is 10.3. The number of amides is 1. The molecule has 1 aliphatic rings. The van der Waals surface area contributed by atoms with E-state index in [9.17, 15) is 13.2 Å². The van der Waals surface area contributed by atoms with Crippen molar-refractivity contribution in [2.75, 3.05) is 25.0 Å². The van der Waals surface area contributed by atoms with Crippen molar-refractivity contribution in [3.8, 4) is 0 Å². The molecule has 6 nitrogen and oxygen atoms in total. The van der Waals surface area contributed by atoms with Crippen molar-refractivity contribution < 1.29 is 13.2 Å². The molecular formula is C23H31N3O3S. The maximum atomic E-state index is 12.5. The van der Waals surface area contributed by atoms with Crippen molar-refractivity contribution in [2.45, 2.75) is 50.0 Å². The molecule has 0 spiro atoms. The summed E-state index contributed by atoms with van der Waals surface area (Å²) in [6.45, 7) is 8.13. The molecule has 162 valence electrons. The first-order valence-corrected chi connectivity index (χ1v) is 11.8. The third-order valence-electron chi connectivity index (χ3n) is 5.36. The van der Waals surface area contributed by atoms with Crippen molar-refractivity contribution in [3.05, 3.63) is 60.2 Å². The third-order valence-corrected chi connectivity index (χ3v) is 6.90. The minimum absolute atomic E-state index is 0.0539. The lowest BCUT2D eigenvalue weighted by Gasteiger charge is -2.31. The number of carbonyl (C=O) groups is 1. The Balaban J connectivity index is 1.46. The normalized spacial score (nSPS) is 16.4. The van der Waals surface area contributed by atoms with Crippen molar-refractivity contribution >= 4 is 21.6 Å². The number of piperidine rings is 1. The Labute approximate surface area is 179 Å². The number of rotatable bonds is 6. The van der Waals surface area contributed by atoms with E-state index in [1.54, 1.807) is 30.3 Å². The molecule has 2 aromatic rings. The van der Waals surface area contributed by atoms with Crippen LogP contribution in [0.5, 0.6) is 0 Å². The SMILES string of the molecule is CC(C)(C)c1ccc(NC(=O)CN2CCC(NS(=O)(=O)c3ccccc3)CC2)cc1. The number of carbonyl (C=O) groups excluding carboxylic acids is 1. The topological polar surface area (TPSA) is 78.5 Å². The van der Waals surface area contributed by atoms with Gasteiger partial charge in [-0.3, -0.25) is 9.69 Å². The van der Waals surface area contributed by atoms with Crippen LogP contribution in [0.4, 0.5) is 5.69 Å². The smallest absolute Gasteiger partial charge is 0.240 e. The second-order valence-corrected chi connectivity index (χ2v) is 10.6. The van der Waals surface area contributed by atoms with E-state index in [-0.39, 0.29) is 22.3 Å². The molecule has 1 saturated heterocycles. The van der Waals surface area contributed by atoms with E-state index in [2.05, 4.69) is 35.7 Å². The number of anilines is 1. The summed E-state index contributed by atoms with van der Waals surface area (Å²) >= 11 is 0. The number of hydrogen-bond acceptors (Lipinski definition) is 4. The van der Waals surface area contributed by atoms with E-state index < -0.39 is 10.0 Å². The van der Waals surface area contributed by atoms with E-state index in [1.165, 1.54) is 5.56 Å². The van der Waals surface area contributed by atoms with Crippen LogP contribution >= 0.6 is 0 Å². The molecular weight excluding hydrogens is 398 g/mol. The fourth-order valence-corrected chi connectivity index (χ4v) is 4.88. The van der Waals surface area contributed by atoms with Crippen LogP contribution in [0.15, 0.2) is 59.5 Å². The van der Waals surface area contributed by atoms with Crippen molar-refractivity contribution in [1.82, 2.24) is 9.62 Å². The summed E-state index contributed by atoms with van der Waals surface area (Å²) in [6, 6.07) is 16.2. The monoisotopic (exact) mass is 429 g/mol. The summed E-state index contributed by atoms with van der Waals surface area (Å²) in [7, 11) is -3.50. The number of nitrogens with one attached hydrogen (secondary N) is 2. The van der Waals surface area contributed by atoms with E-state index in [1.807, 2.05) is 24.3 Å². The van der Waals surface area contributed by atoms with Crippen LogP contribution in [0.1, 0.15) is 39.2 Å². The summed E-state index contributed by atoms with van der Waals surface area (Å²) in [5.74, 6) is -0.0539. The average Bonchev–Trinajstić information content (AvgIpc) is 2.70. The predicted molar refractivity (Wildman–Crippen MR) is 120 cm³/mol. The molecule has 0 atom stereocenters. The average molecular weight is 430 g/mol. The second kappa shape index (κ2) is 9.29. The number of sulfonamides is 1. The Hall–Kier alpha value is -2.22. The molecule has 0 saturated carbocycles. The third kappa shape index (κ3) is 6.14. The van der Waals surface area contributed by atoms with Gasteiger partial charge in [0.1, 0.15) is 0 Å². The molecule has 1 heterocycles. The molecule has 0 bridgehead atoms. The minimum atomic E-state index is -3.50. The highest BCUT2D eigenvalue weighted by Crippen LogP contribution is 2.23. The Morgan fingerprint density at radius 3 is 2.17 bits per heavy atom. The van der Waals surface area contributed by atoms with Crippen molar-refractivity contribution in [1.29, 1.82) is 0 Å². The lowest BCUT2D eigenvalue weighted by molar-refractivity contribution is -0.117. The number of benzene rings is 2. The molecule has 1 aliphatic heterocycles. The Kier molecular flexibility index (Phi) is 6.95. The molecule has 0 aromatic heterocycles. The Bertz CT molecular complexity index is 943. The molecule has 0 aliphatic carbocycles. The van der Waals surface area contributed by atoms with Gasteiger partial charge >= 0.3 is 0 Å². The number of nitrogens with zero attached hydrogens (tertiary/aromatic N) is 1. The van der Waals surface area contributed by atoms with Gasteiger partial charge in [0.25, 0.3) is 0 Å². The van der Waals surface area contributed by atoms with E-state index >= 15 is 0 Å². The predicted octanol–water partition coefficient (Wildman–Crippen LogP) is 3.37. The van der Waals surface area contributed by atoms with Gasteiger partial charge in [-0.05, 0) is 48.1 Å². The first kappa shape index (κ1) is 22.5. The Morgan fingerprint density at radius 2 is 1.60 bits per heavy atom. The molecule has 30 heavy (non-hydrogen) atoms. The minimum Gasteiger partial charge on any atom is -0.325 e. The fourth-order valence-electron chi connectivity index (χ4n) is 3.55. The van der Waals surface area contributed by atoms with Crippen LogP contribution in [-0.2, 0) is 20.2 Å². The van der Waals surface area contributed by atoms with Crippen LogP contribution in [0.25, 0.3) is 0 Å². The van der Waals surface area contributed by atoms with Gasteiger partial charge in [0.2, 0.25) is 15.9 Å². The van der Waals surface area contributed by atoms with Gasteiger partial charge in [0, 0.05) is 24.8 Å². The van der Waals surface area contributed by atoms with Gasteiger partial charge in [-0.15, -0.1) is 0 Å². The zero-order valence-electron chi connectivity index (χ0n) is 17.9. The highest BCUT2D eigenvalue weighted by molar-refractivity contribution is 7.89. The highest BCUT2D eigenvalue weighted by Gasteiger charge is 2.25. The van der Waals surface area contributed by atoms with Gasteiger partial charge in [0.15, 0.2) is 0 Å². The van der Waals surface area contributed by atoms with Crippen molar-refractivity contribution in [3.63, 3.8) is 0 Å². The summed E-state index contributed by atoms with van der Waals surface area (Å²) in [5, 5.41) is 2.95. The van der Waals surface area contributed by atoms with Gasteiger partial charge in [-0.25, -0.2) is 13.1 Å². The highest BCUT2D eigenvalue weighted by atomic mass is 32.2. The molecule has 0 radical (unpaired) electrons. The largest absolute Gasteiger partial charge is 0.325 e. The quantitative estimate of drug-likeness (QED) is 0.738. The molecule has 7 heteroatoms. The summed E-state index contributed by atoms with van der Waals surface area (Å²) in [6.07, 6.45) is 1.36. The number of likely N-dealkylation sites (tertiary alicyclic amines) is 1. The molecule has 1 fully saturated rings. The summed E-state index contributed by atoms with van der Waals surface area (Å²) in [5.41, 5.74) is 2.09.